The summed E-state index contributed by atoms with van der Waals surface area (Å²) in [5.41, 5.74) is 3.78. The van der Waals surface area contributed by atoms with Crippen molar-refractivity contribution in [2.45, 2.75) is 6.42 Å². The van der Waals surface area contributed by atoms with Gasteiger partial charge in [0, 0.05) is 35.7 Å². The lowest BCUT2D eigenvalue weighted by molar-refractivity contribution is -0.115. The summed E-state index contributed by atoms with van der Waals surface area (Å²) in [6, 6.07) is 20.6. The Kier molecular flexibility index (Phi) is 7.34. The molecule has 0 saturated heterocycles. The van der Waals surface area contributed by atoms with E-state index in [1.807, 2.05) is 60.8 Å². The molecule has 1 N–H and O–H groups in total. The lowest BCUT2D eigenvalue weighted by Gasteiger charge is -2.11. The van der Waals surface area contributed by atoms with Gasteiger partial charge in [-0.25, -0.2) is 9.67 Å². The van der Waals surface area contributed by atoms with E-state index in [-0.39, 0.29) is 12.3 Å². The molecule has 0 spiro atoms. The number of nitrogens with zero attached hydrogens (tertiary/aromatic N) is 3. The van der Waals surface area contributed by atoms with Crippen LogP contribution in [0, 0.1) is 0 Å². The molecule has 2 aromatic heterocycles. The highest BCUT2D eigenvalue weighted by Gasteiger charge is 2.17. The number of hydrogen-bond donors (Lipinski definition) is 1. The summed E-state index contributed by atoms with van der Waals surface area (Å²) in [5.74, 6) is 0.142. The first-order chi connectivity index (χ1) is 16.1. The SMILES string of the molecule is COCCOc1ncccc1NC(=O)Cc1cn(-c2ccccc2)nc1-c1ccc(Cl)cc1. The summed E-state index contributed by atoms with van der Waals surface area (Å²) in [5, 5.41) is 8.29. The van der Waals surface area contributed by atoms with Crippen molar-refractivity contribution in [1.29, 1.82) is 0 Å². The molecule has 0 aliphatic heterocycles. The number of halogens is 1. The third kappa shape index (κ3) is 5.77. The average Bonchev–Trinajstić information content (AvgIpc) is 3.25. The summed E-state index contributed by atoms with van der Waals surface area (Å²) in [7, 11) is 1.60. The molecule has 1 amide bonds. The second kappa shape index (κ2) is 10.8. The average molecular weight is 463 g/mol. The molecule has 0 aliphatic carbocycles. The van der Waals surface area contributed by atoms with Crippen LogP contribution in [0.15, 0.2) is 79.1 Å². The molecule has 0 radical (unpaired) electrons. The van der Waals surface area contributed by atoms with Gasteiger partial charge in [0.05, 0.1) is 24.4 Å². The van der Waals surface area contributed by atoms with Gasteiger partial charge in [-0.1, -0.05) is 41.9 Å². The van der Waals surface area contributed by atoms with Crippen molar-refractivity contribution in [1.82, 2.24) is 14.8 Å². The molecular weight excluding hydrogens is 440 g/mol. The predicted molar refractivity (Wildman–Crippen MR) is 128 cm³/mol. The van der Waals surface area contributed by atoms with Gasteiger partial charge in [0.25, 0.3) is 0 Å². The second-order valence-electron chi connectivity index (χ2n) is 7.21. The fraction of sp³-hybridized carbons (Fsp3) is 0.160. The van der Waals surface area contributed by atoms with Crippen molar-refractivity contribution >= 4 is 23.2 Å². The van der Waals surface area contributed by atoms with Gasteiger partial charge in [0.15, 0.2) is 0 Å². The van der Waals surface area contributed by atoms with Crippen LogP contribution in [0.3, 0.4) is 0 Å². The van der Waals surface area contributed by atoms with Crippen LogP contribution in [-0.2, 0) is 16.0 Å². The number of methoxy groups -OCH3 is 1. The Balaban J connectivity index is 1.59. The number of para-hydroxylation sites is 1. The van der Waals surface area contributed by atoms with E-state index in [1.165, 1.54) is 0 Å². The number of benzene rings is 2. The van der Waals surface area contributed by atoms with E-state index in [0.29, 0.717) is 35.5 Å². The van der Waals surface area contributed by atoms with Gasteiger partial charge in [-0.15, -0.1) is 0 Å². The maximum absolute atomic E-state index is 13.0. The quantitative estimate of drug-likeness (QED) is 0.362. The highest BCUT2D eigenvalue weighted by molar-refractivity contribution is 6.30. The van der Waals surface area contributed by atoms with E-state index >= 15 is 0 Å². The van der Waals surface area contributed by atoms with Gasteiger partial charge in [-0.05, 0) is 36.4 Å². The van der Waals surface area contributed by atoms with Gasteiger partial charge in [0.2, 0.25) is 11.8 Å². The van der Waals surface area contributed by atoms with Crippen LogP contribution in [0.5, 0.6) is 5.88 Å². The van der Waals surface area contributed by atoms with Crippen LogP contribution in [0.1, 0.15) is 5.56 Å². The van der Waals surface area contributed by atoms with Crippen LogP contribution in [0.25, 0.3) is 16.9 Å². The van der Waals surface area contributed by atoms with Crippen molar-refractivity contribution in [3.05, 3.63) is 89.7 Å². The first-order valence-electron chi connectivity index (χ1n) is 10.4. The molecule has 0 aliphatic rings. The number of pyridine rings is 1. The largest absolute Gasteiger partial charge is 0.474 e. The summed E-state index contributed by atoms with van der Waals surface area (Å²) < 4.78 is 12.4. The number of rotatable bonds is 9. The molecule has 0 fully saturated rings. The van der Waals surface area contributed by atoms with Gasteiger partial charge in [0.1, 0.15) is 12.3 Å². The number of hydrogen-bond acceptors (Lipinski definition) is 5. The molecule has 4 aromatic rings. The van der Waals surface area contributed by atoms with Crippen LogP contribution in [0.4, 0.5) is 5.69 Å². The van der Waals surface area contributed by atoms with Gasteiger partial charge in [-0.2, -0.15) is 5.10 Å². The molecule has 33 heavy (non-hydrogen) atoms. The first-order valence-corrected chi connectivity index (χ1v) is 10.8. The molecule has 2 aromatic carbocycles. The molecule has 7 nitrogen and oxygen atoms in total. The molecule has 2 heterocycles. The van der Waals surface area contributed by atoms with E-state index in [0.717, 1.165) is 16.8 Å². The Morgan fingerprint density at radius 1 is 1.03 bits per heavy atom. The molecule has 4 rings (SSSR count). The van der Waals surface area contributed by atoms with Crippen molar-refractivity contribution in [3.63, 3.8) is 0 Å². The zero-order valence-electron chi connectivity index (χ0n) is 18.1. The minimum atomic E-state index is -0.206. The number of nitrogens with one attached hydrogen (secondary N) is 1. The summed E-state index contributed by atoms with van der Waals surface area (Å²) in [6.07, 6.45) is 3.61. The Bertz CT molecular complexity index is 1210. The highest BCUT2D eigenvalue weighted by Crippen LogP contribution is 2.27. The first kappa shape index (κ1) is 22.5. The van der Waals surface area contributed by atoms with E-state index < -0.39 is 0 Å². The molecule has 0 bridgehead atoms. The van der Waals surface area contributed by atoms with Crippen molar-refractivity contribution in [2.75, 3.05) is 25.6 Å². The number of ether oxygens (including phenoxy) is 2. The standard InChI is InChI=1S/C25H23ClN4O3/c1-32-14-15-33-25-22(8-5-13-27-25)28-23(31)16-19-17-30(21-6-3-2-4-7-21)29-24(19)18-9-11-20(26)12-10-18/h2-13,17H,14-16H2,1H3,(H,28,31). The minimum Gasteiger partial charge on any atom is -0.474 e. The van der Waals surface area contributed by atoms with Gasteiger partial charge >= 0.3 is 0 Å². The monoisotopic (exact) mass is 462 g/mol. The smallest absolute Gasteiger partial charge is 0.237 e. The lowest BCUT2D eigenvalue weighted by atomic mass is 10.1. The molecular formula is C25H23ClN4O3. The Labute approximate surface area is 196 Å². The molecule has 0 unspecified atom stereocenters. The van der Waals surface area contributed by atoms with E-state index in [2.05, 4.69) is 10.3 Å². The van der Waals surface area contributed by atoms with Crippen molar-refractivity contribution in [2.24, 2.45) is 0 Å². The zero-order chi connectivity index (χ0) is 23.0. The van der Waals surface area contributed by atoms with Crippen LogP contribution < -0.4 is 10.1 Å². The zero-order valence-corrected chi connectivity index (χ0v) is 18.8. The van der Waals surface area contributed by atoms with Gasteiger partial charge in [-0.3, -0.25) is 4.79 Å². The summed E-state index contributed by atoms with van der Waals surface area (Å²) in [4.78, 5) is 17.2. The fourth-order valence-corrected chi connectivity index (χ4v) is 3.42. The van der Waals surface area contributed by atoms with Crippen molar-refractivity contribution in [3.8, 4) is 22.8 Å². The summed E-state index contributed by atoms with van der Waals surface area (Å²) in [6.45, 7) is 0.758. The third-order valence-electron chi connectivity index (χ3n) is 4.85. The van der Waals surface area contributed by atoms with Gasteiger partial charge < -0.3 is 14.8 Å². The Morgan fingerprint density at radius 3 is 2.58 bits per heavy atom. The summed E-state index contributed by atoms with van der Waals surface area (Å²) >= 11 is 6.06. The minimum absolute atomic E-state index is 0.122. The number of carbonyl (C=O) groups excluding carboxylic acids is 1. The number of amides is 1. The van der Waals surface area contributed by atoms with Crippen LogP contribution in [-0.4, -0.2) is 41.0 Å². The fourth-order valence-electron chi connectivity index (χ4n) is 3.29. The Morgan fingerprint density at radius 2 is 1.82 bits per heavy atom. The Hall–Kier alpha value is -3.68. The van der Waals surface area contributed by atoms with Crippen LogP contribution >= 0.6 is 11.6 Å². The second-order valence-corrected chi connectivity index (χ2v) is 7.65. The molecule has 168 valence electrons. The third-order valence-corrected chi connectivity index (χ3v) is 5.10. The van der Waals surface area contributed by atoms with E-state index in [4.69, 9.17) is 26.2 Å². The molecule has 8 heteroatoms. The number of carbonyl (C=O) groups is 1. The maximum Gasteiger partial charge on any atom is 0.237 e. The lowest BCUT2D eigenvalue weighted by Crippen LogP contribution is -2.16. The maximum atomic E-state index is 13.0. The normalized spacial score (nSPS) is 10.7. The predicted octanol–water partition coefficient (Wildman–Crippen LogP) is 4.79. The highest BCUT2D eigenvalue weighted by atomic mass is 35.5. The molecule has 0 atom stereocenters. The topological polar surface area (TPSA) is 78.3 Å². The number of aromatic nitrogens is 3. The van der Waals surface area contributed by atoms with E-state index in [1.54, 1.807) is 30.1 Å². The van der Waals surface area contributed by atoms with Crippen molar-refractivity contribution < 1.29 is 14.3 Å². The number of anilines is 1. The molecule has 0 saturated carbocycles. The van der Waals surface area contributed by atoms with E-state index in [9.17, 15) is 4.79 Å². The van der Waals surface area contributed by atoms with Crippen LogP contribution in [0.2, 0.25) is 5.02 Å².